The molecule has 1 aliphatic carbocycles. The number of rotatable bonds is 6. The van der Waals surface area contributed by atoms with Gasteiger partial charge in [0.1, 0.15) is 6.61 Å². The molecule has 3 heterocycles. The molecule has 4 fully saturated rings. The van der Waals surface area contributed by atoms with Gasteiger partial charge in [-0.3, -0.25) is 0 Å². The summed E-state index contributed by atoms with van der Waals surface area (Å²) in [4.78, 5) is 17.8. The number of ether oxygens (including phenoxy) is 1. The van der Waals surface area contributed by atoms with E-state index in [-0.39, 0.29) is 35.7 Å². The Hall–Kier alpha value is -1.35. The molecule has 4 atom stereocenters. The Morgan fingerprint density at radius 3 is 2.36 bits per heavy atom. The summed E-state index contributed by atoms with van der Waals surface area (Å²) >= 11 is 6.02. The van der Waals surface area contributed by atoms with Gasteiger partial charge in [-0.1, -0.05) is 24.4 Å². The SMILES string of the molecule is C[C@H]1CC(N2CCCCC2)CCN1C(=O)OC[C@@H]1CCC[C@H](C2CC2)N1S(=O)(=O)c1ccc(Cl)cc1. The van der Waals surface area contributed by atoms with Crippen molar-refractivity contribution in [2.75, 3.05) is 26.2 Å². The minimum atomic E-state index is -3.72. The molecule has 5 rings (SSSR count). The first kappa shape index (κ1) is 26.3. The lowest BCUT2D eigenvalue weighted by Crippen LogP contribution is -2.54. The fraction of sp³-hybridized carbons (Fsp3) is 0.741. The highest BCUT2D eigenvalue weighted by Gasteiger charge is 2.46. The van der Waals surface area contributed by atoms with Crippen LogP contribution in [0.5, 0.6) is 0 Å². The van der Waals surface area contributed by atoms with Gasteiger partial charge in [-0.15, -0.1) is 0 Å². The summed E-state index contributed by atoms with van der Waals surface area (Å²) < 4.78 is 35.1. The number of hydrogen-bond acceptors (Lipinski definition) is 5. The molecule has 36 heavy (non-hydrogen) atoms. The standard InChI is InChI=1S/C27H40ClN3O4S/c1-20-18-23(29-15-3-2-4-16-29)14-17-30(20)27(32)35-19-24-6-5-7-26(21-8-9-21)31(24)36(33,34)25-12-10-22(28)11-13-25/h10-13,20-21,23-24,26H,2-9,14-19H2,1H3/t20-,23?,24-,26+/m0/s1. The van der Waals surface area contributed by atoms with Crippen molar-refractivity contribution in [2.45, 2.75) is 100 Å². The second-order valence-electron chi connectivity index (χ2n) is 11.2. The Labute approximate surface area is 221 Å². The molecule has 0 spiro atoms. The number of carbonyl (C=O) groups excluding carboxylic acids is 1. The van der Waals surface area contributed by atoms with Crippen LogP contribution in [0.2, 0.25) is 5.02 Å². The third-order valence-corrected chi connectivity index (χ3v) is 10.9. The van der Waals surface area contributed by atoms with Gasteiger partial charge >= 0.3 is 6.09 Å². The third kappa shape index (κ3) is 5.71. The summed E-state index contributed by atoms with van der Waals surface area (Å²) in [6.07, 6.45) is 10.2. The van der Waals surface area contributed by atoms with Crippen LogP contribution in [0, 0.1) is 5.92 Å². The van der Waals surface area contributed by atoms with E-state index in [1.165, 1.54) is 32.4 Å². The van der Waals surface area contributed by atoms with Crippen LogP contribution >= 0.6 is 11.6 Å². The number of sulfonamides is 1. The van der Waals surface area contributed by atoms with Crippen molar-refractivity contribution in [3.8, 4) is 0 Å². The maximum Gasteiger partial charge on any atom is 0.410 e. The van der Waals surface area contributed by atoms with Crippen molar-refractivity contribution in [1.29, 1.82) is 0 Å². The monoisotopic (exact) mass is 537 g/mol. The Morgan fingerprint density at radius 2 is 1.69 bits per heavy atom. The van der Waals surface area contributed by atoms with Crippen molar-refractivity contribution in [2.24, 2.45) is 5.92 Å². The van der Waals surface area contributed by atoms with Gasteiger partial charge in [-0.2, -0.15) is 4.31 Å². The Balaban J connectivity index is 1.24. The zero-order valence-corrected chi connectivity index (χ0v) is 22.9. The average molecular weight is 538 g/mol. The lowest BCUT2D eigenvalue weighted by molar-refractivity contribution is 0.0270. The van der Waals surface area contributed by atoms with Gasteiger partial charge in [-0.05, 0) is 102 Å². The van der Waals surface area contributed by atoms with Crippen molar-refractivity contribution >= 4 is 27.7 Å². The largest absolute Gasteiger partial charge is 0.448 e. The van der Waals surface area contributed by atoms with Crippen LogP contribution in [-0.4, -0.2) is 79.0 Å². The van der Waals surface area contributed by atoms with Gasteiger partial charge in [0.2, 0.25) is 10.0 Å². The van der Waals surface area contributed by atoms with Crippen molar-refractivity contribution in [3.05, 3.63) is 29.3 Å². The summed E-state index contributed by atoms with van der Waals surface area (Å²) in [5.74, 6) is 0.402. The van der Waals surface area contributed by atoms with E-state index in [0.29, 0.717) is 29.9 Å². The fourth-order valence-electron chi connectivity index (χ4n) is 6.56. The van der Waals surface area contributed by atoms with E-state index in [1.807, 2.05) is 4.90 Å². The summed E-state index contributed by atoms with van der Waals surface area (Å²) in [6, 6.07) is 6.70. The molecular weight excluding hydrogens is 498 g/mol. The second-order valence-corrected chi connectivity index (χ2v) is 13.5. The molecule has 3 saturated heterocycles. The minimum absolute atomic E-state index is 0.0256. The van der Waals surface area contributed by atoms with Gasteiger partial charge in [0, 0.05) is 29.7 Å². The Kier molecular flexibility index (Phi) is 8.15. The molecule has 0 aromatic heterocycles. The molecule has 0 radical (unpaired) electrons. The molecule has 4 aliphatic rings. The lowest BCUT2D eigenvalue weighted by Gasteiger charge is -2.44. The smallest absolute Gasteiger partial charge is 0.410 e. The highest BCUT2D eigenvalue weighted by molar-refractivity contribution is 7.89. The predicted molar refractivity (Wildman–Crippen MR) is 141 cm³/mol. The number of piperidine rings is 3. The Morgan fingerprint density at radius 1 is 0.972 bits per heavy atom. The van der Waals surface area contributed by atoms with Crippen LogP contribution < -0.4 is 0 Å². The maximum atomic E-state index is 13.8. The molecule has 200 valence electrons. The zero-order chi connectivity index (χ0) is 25.3. The molecule has 1 aromatic carbocycles. The molecule has 1 aromatic rings. The molecule has 1 unspecified atom stereocenters. The van der Waals surface area contributed by atoms with Crippen LogP contribution in [0.25, 0.3) is 0 Å². The highest BCUT2D eigenvalue weighted by Crippen LogP contribution is 2.43. The van der Waals surface area contributed by atoms with E-state index >= 15 is 0 Å². The van der Waals surface area contributed by atoms with Gasteiger partial charge in [0.25, 0.3) is 0 Å². The number of carbonyl (C=O) groups is 1. The normalized spacial score (nSPS) is 30.8. The van der Waals surface area contributed by atoms with E-state index < -0.39 is 10.0 Å². The highest BCUT2D eigenvalue weighted by atomic mass is 35.5. The number of halogens is 1. The van der Waals surface area contributed by atoms with E-state index in [0.717, 1.165) is 38.5 Å². The van der Waals surface area contributed by atoms with Gasteiger partial charge in [0.05, 0.1) is 10.9 Å². The Bertz CT molecular complexity index is 1010. The van der Waals surface area contributed by atoms with Gasteiger partial charge < -0.3 is 14.5 Å². The zero-order valence-electron chi connectivity index (χ0n) is 21.4. The van der Waals surface area contributed by atoms with Crippen LogP contribution in [0.1, 0.15) is 71.1 Å². The molecule has 0 N–H and O–H groups in total. The summed E-state index contributed by atoms with van der Waals surface area (Å²) in [6.45, 7) is 5.25. The number of amides is 1. The third-order valence-electron chi connectivity index (χ3n) is 8.67. The van der Waals surface area contributed by atoms with E-state index in [4.69, 9.17) is 16.3 Å². The van der Waals surface area contributed by atoms with Crippen LogP contribution in [-0.2, 0) is 14.8 Å². The fourth-order valence-corrected chi connectivity index (χ4v) is 8.60. The first-order chi connectivity index (χ1) is 17.3. The van der Waals surface area contributed by atoms with Crippen LogP contribution in [0.4, 0.5) is 4.79 Å². The van der Waals surface area contributed by atoms with Crippen molar-refractivity contribution < 1.29 is 17.9 Å². The predicted octanol–water partition coefficient (Wildman–Crippen LogP) is 5.14. The van der Waals surface area contributed by atoms with E-state index in [2.05, 4.69) is 11.8 Å². The lowest BCUT2D eigenvalue weighted by atomic mass is 9.95. The number of nitrogens with zero attached hydrogens (tertiary/aromatic N) is 3. The van der Waals surface area contributed by atoms with Crippen molar-refractivity contribution in [3.63, 3.8) is 0 Å². The molecule has 1 amide bonds. The summed E-state index contributed by atoms with van der Waals surface area (Å²) in [7, 11) is -3.72. The number of benzene rings is 1. The first-order valence-corrected chi connectivity index (χ1v) is 15.6. The molecular formula is C27H40ClN3O4S. The molecule has 0 bridgehead atoms. The molecule has 9 heteroatoms. The average Bonchev–Trinajstić information content (AvgIpc) is 3.73. The maximum absolute atomic E-state index is 13.8. The molecule has 1 saturated carbocycles. The van der Waals surface area contributed by atoms with E-state index in [9.17, 15) is 13.2 Å². The summed E-state index contributed by atoms with van der Waals surface area (Å²) in [5.41, 5.74) is 0. The number of hydrogen-bond donors (Lipinski definition) is 0. The summed E-state index contributed by atoms with van der Waals surface area (Å²) in [5, 5.41) is 0.509. The number of likely N-dealkylation sites (tertiary alicyclic amines) is 2. The van der Waals surface area contributed by atoms with Crippen LogP contribution in [0.3, 0.4) is 0 Å². The van der Waals surface area contributed by atoms with Gasteiger partial charge in [-0.25, -0.2) is 13.2 Å². The van der Waals surface area contributed by atoms with Crippen molar-refractivity contribution in [1.82, 2.24) is 14.1 Å². The second kappa shape index (κ2) is 11.2. The topological polar surface area (TPSA) is 70.2 Å². The van der Waals surface area contributed by atoms with Crippen LogP contribution in [0.15, 0.2) is 29.2 Å². The van der Waals surface area contributed by atoms with E-state index in [1.54, 1.807) is 28.6 Å². The first-order valence-electron chi connectivity index (χ1n) is 13.8. The molecule has 7 nitrogen and oxygen atoms in total. The minimum Gasteiger partial charge on any atom is -0.448 e. The van der Waals surface area contributed by atoms with Gasteiger partial charge in [0.15, 0.2) is 0 Å². The quantitative estimate of drug-likeness (QED) is 0.502. The molecule has 3 aliphatic heterocycles.